The monoisotopic (exact) mass is 306 g/mol. The van der Waals surface area contributed by atoms with Crippen molar-refractivity contribution in [3.8, 4) is 11.5 Å². The van der Waals surface area contributed by atoms with Crippen LogP contribution in [0.15, 0.2) is 53.0 Å². The molecule has 92 valence electrons. The second kappa shape index (κ2) is 5.69. The molecule has 0 spiro atoms. The molecule has 3 nitrogen and oxygen atoms in total. The number of methoxy groups -OCH3 is 1. The third-order valence-electron chi connectivity index (χ3n) is 2.35. The standard InChI is InChI=1S/C14H11BrO3/c1-17-12-6-2-10(3-7-12)14(16)18-13-8-4-11(15)5-9-13/h2-9H,1H3. The van der Waals surface area contributed by atoms with Crippen LogP contribution in [0.5, 0.6) is 11.5 Å². The maximum Gasteiger partial charge on any atom is 0.343 e. The van der Waals surface area contributed by atoms with Gasteiger partial charge in [-0.1, -0.05) is 15.9 Å². The van der Waals surface area contributed by atoms with Gasteiger partial charge in [0, 0.05) is 4.47 Å². The largest absolute Gasteiger partial charge is 0.497 e. The van der Waals surface area contributed by atoms with Gasteiger partial charge in [-0.3, -0.25) is 0 Å². The molecule has 0 atom stereocenters. The molecule has 2 rings (SSSR count). The topological polar surface area (TPSA) is 35.5 Å². The highest BCUT2D eigenvalue weighted by molar-refractivity contribution is 9.10. The number of ether oxygens (including phenoxy) is 2. The minimum Gasteiger partial charge on any atom is -0.497 e. The highest BCUT2D eigenvalue weighted by Crippen LogP contribution is 2.18. The summed E-state index contributed by atoms with van der Waals surface area (Å²) in [6.07, 6.45) is 0. The third-order valence-corrected chi connectivity index (χ3v) is 2.88. The van der Waals surface area contributed by atoms with Gasteiger partial charge in [0.25, 0.3) is 0 Å². The summed E-state index contributed by atoms with van der Waals surface area (Å²) in [5, 5.41) is 0. The number of esters is 1. The lowest BCUT2D eigenvalue weighted by Crippen LogP contribution is -2.08. The third kappa shape index (κ3) is 3.11. The molecule has 18 heavy (non-hydrogen) atoms. The van der Waals surface area contributed by atoms with Crippen LogP contribution in [0.3, 0.4) is 0 Å². The molecule has 0 N–H and O–H groups in total. The zero-order chi connectivity index (χ0) is 13.0. The van der Waals surface area contributed by atoms with Crippen molar-refractivity contribution in [2.24, 2.45) is 0 Å². The van der Waals surface area contributed by atoms with Crippen molar-refractivity contribution in [3.63, 3.8) is 0 Å². The van der Waals surface area contributed by atoms with Gasteiger partial charge >= 0.3 is 5.97 Å². The molecule has 0 aromatic heterocycles. The first-order valence-corrected chi connectivity index (χ1v) is 6.10. The van der Waals surface area contributed by atoms with Crippen molar-refractivity contribution in [1.29, 1.82) is 0 Å². The van der Waals surface area contributed by atoms with Gasteiger partial charge in [-0.25, -0.2) is 4.79 Å². The fourth-order valence-corrected chi connectivity index (χ4v) is 1.66. The van der Waals surface area contributed by atoms with E-state index in [-0.39, 0.29) is 5.97 Å². The molecule has 0 aliphatic rings. The zero-order valence-electron chi connectivity index (χ0n) is 9.72. The summed E-state index contributed by atoms with van der Waals surface area (Å²) in [6.45, 7) is 0. The molecule has 0 radical (unpaired) electrons. The van der Waals surface area contributed by atoms with Gasteiger partial charge in [0.05, 0.1) is 12.7 Å². The Hall–Kier alpha value is -1.81. The van der Waals surface area contributed by atoms with Gasteiger partial charge < -0.3 is 9.47 Å². The summed E-state index contributed by atoms with van der Waals surface area (Å²) in [5.74, 6) is 0.828. The van der Waals surface area contributed by atoms with E-state index in [9.17, 15) is 4.79 Å². The molecular weight excluding hydrogens is 296 g/mol. The van der Waals surface area contributed by atoms with E-state index in [0.29, 0.717) is 17.1 Å². The maximum atomic E-state index is 11.8. The average molecular weight is 307 g/mol. The number of rotatable bonds is 3. The van der Waals surface area contributed by atoms with E-state index in [2.05, 4.69) is 15.9 Å². The quantitative estimate of drug-likeness (QED) is 0.641. The fourth-order valence-electron chi connectivity index (χ4n) is 1.40. The minimum atomic E-state index is -0.389. The molecular formula is C14H11BrO3. The van der Waals surface area contributed by atoms with Crippen LogP contribution in [0.1, 0.15) is 10.4 Å². The van der Waals surface area contributed by atoms with Crippen molar-refractivity contribution in [2.75, 3.05) is 7.11 Å². The van der Waals surface area contributed by atoms with Gasteiger partial charge in [0.1, 0.15) is 11.5 Å². The lowest BCUT2D eigenvalue weighted by atomic mass is 10.2. The first-order valence-electron chi connectivity index (χ1n) is 5.31. The number of carbonyl (C=O) groups excluding carboxylic acids is 1. The number of hydrogen-bond acceptors (Lipinski definition) is 3. The zero-order valence-corrected chi connectivity index (χ0v) is 11.3. The van der Waals surface area contributed by atoms with Crippen LogP contribution in [-0.4, -0.2) is 13.1 Å². The van der Waals surface area contributed by atoms with E-state index >= 15 is 0 Å². The normalized spacial score (nSPS) is 9.89. The lowest BCUT2D eigenvalue weighted by Gasteiger charge is -2.05. The minimum absolute atomic E-state index is 0.389. The maximum absolute atomic E-state index is 11.8. The first kappa shape index (κ1) is 12.6. The van der Waals surface area contributed by atoms with Gasteiger partial charge in [-0.15, -0.1) is 0 Å². The summed E-state index contributed by atoms with van der Waals surface area (Å²) in [5.41, 5.74) is 0.485. The van der Waals surface area contributed by atoms with E-state index < -0.39 is 0 Å². The molecule has 2 aromatic rings. The van der Waals surface area contributed by atoms with Gasteiger partial charge in [0.15, 0.2) is 0 Å². The second-order valence-electron chi connectivity index (χ2n) is 3.57. The Morgan fingerprint density at radius 1 is 0.944 bits per heavy atom. The number of halogens is 1. The Morgan fingerprint density at radius 3 is 2.06 bits per heavy atom. The average Bonchev–Trinajstić information content (AvgIpc) is 2.41. The number of carbonyl (C=O) groups is 1. The Bertz CT molecular complexity index is 532. The van der Waals surface area contributed by atoms with E-state index in [1.54, 1.807) is 43.5 Å². The van der Waals surface area contributed by atoms with Crippen LogP contribution in [0, 0.1) is 0 Å². The SMILES string of the molecule is COc1ccc(C(=O)Oc2ccc(Br)cc2)cc1. The highest BCUT2D eigenvalue weighted by Gasteiger charge is 2.08. The fraction of sp³-hybridized carbons (Fsp3) is 0.0714. The Morgan fingerprint density at radius 2 is 1.50 bits per heavy atom. The van der Waals surface area contributed by atoms with Crippen molar-refractivity contribution >= 4 is 21.9 Å². The van der Waals surface area contributed by atoms with Crippen molar-refractivity contribution in [2.45, 2.75) is 0 Å². The summed E-state index contributed by atoms with van der Waals surface area (Å²) in [6, 6.07) is 13.9. The van der Waals surface area contributed by atoms with E-state index in [4.69, 9.17) is 9.47 Å². The van der Waals surface area contributed by atoms with E-state index in [1.807, 2.05) is 12.1 Å². The van der Waals surface area contributed by atoms with Crippen LogP contribution >= 0.6 is 15.9 Å². The van der Waals surface area contributed by atoms with E-state index in [1.165, 1.54) is 0 Å². The van der Waals surface area contributed by atoms with Crippen LogP contribution in [0.4, 0.5) is 0 Å². The predicted molar refractivity (Wildman–Crippen MR) is 72.1 cm³/mol. The second-order valence-corrected chi connectivity index (χ2v) is 4.49. The summed E-state index contributed by atoms with van der Waals surface area (Å²) in [4.78, 5) is 11.8. The Kier molecular flexibility index (Phi) is 3.99. The molecule has 0 unspecified atom stereocenters. The van der Waals surface area contributed by atoms with Crippen molar-refractivity contribution in [3.05, 3.63) is 58.6 Å². The molecule has 0 saturated carbocycles. The highest BCUT2D eigenvalue weighted by atomic mass is 79.9. The summed E-state index contributed by atoms with van der Waals surface area (Å²) >= 11 is 3.32. The first-order chi connectivity index (χ1) is 8.69. The smallest absolute Gasteiger partial charge is 0.343 e. The predicted octanol–water partition coefficient (Wildman–Crippen LogP) is 3.68. The summed E-state index contributed by atoms with van der Waals surface area (Å²) in [7, 11) is 1.58. The molecule has 0 fully saturated rings. The summed E-state index contributed by atoms with van der Waals surface area (Å²) < 4.78 is 11.2. The molecule has 0 aliphatic heterocycles. The van der Waals surface area contributed by atoms with Crippen molar-refractivity contribution in [1.82, 2.24) is 0 Å². The van der Waals surface area contributed by atoms with Crippen LogP contribution in [0.25, 0.3) is 0 Å². The van der Waals surface area contributed by atoms with E-state index in [0.717, 1.165) is 4.47 Å². The van der Waals surface area contributed by atoms with Gasteiger partial charge in [-0.2, -0.15) is 0 Å². The molecule has 0 heterocycles. The van der Waals surface area contributed by atoms with Crippen LogP contribution < -0.4 is 9.47 Å². The molecule has 2 aromatic carbocycles. The van der Waals surface area contributed by atoms with Crippen LogP contribution in [0.2, 0.25) is 0 Å². The molecule has 0 amide bonds. The lowest BCUT2D eigenvalue weighted by molar-refractivity contribution is 0.0734. The van der Waals surface area contributed by atoms with Gasteiger partial charge in [0.2, 0.25) is 0 Å². The molecule has 0 saturated heterocycles. The number of hydrogen-bond donors (Lipinski definition) is 0. The number of benzene rings is 2. The van der Waals surface area contributed by atoms with Crippen LogP contribution in [-0.2, 0) is 0 Å². The Balaban J connectivity index is 2.09. The van der Waals surface area contributed by atoms with Gasteiger partial charge in [-0.05, 0) is 48.5 Å². The Labute approximate surface area is 113 Å². The molecule has 0 aliphatic carbocycles. The van der Waals surface area contributed by atoms with Crippen molar-refractivity contribution < 1.29 is 14.3 Å². The molecule has 4 heteroatoms. The molecule has 0 bridgehead atoms.